The van der Waals surface area contributed by atoms with Gasteiger partial charge in [-0.05, 0) is 36.6 Å². The molecule has 0 spiro atoms. The molecule has 1 atom stereocenters. The summed E-state index contributed by atoms with van der Waals surface area (Å²) in [6, 6.07) is 7.05. The van der Waals surface area contributed by atoms with Gasteiger partial charge in [0.15, 0.2) is 5.78 Å². The molecule has 130 valence electrons. The molecule has 1 aliphatic heterocycles. The molecule has 2 aliphatic rings. The third-order valence-electron chi connectivity index (χ3n) is 4.69. The van der Waals surface area contributed by atoms with Crippen LogP contribution in [0.25, 0.3) is 6.08 Å². The first-order valence-electron chi connectivity index (χ1n) is 8.47. The molecule has 0 bridgehead atoms. The van der Waals surface area contributed by atoms with Gasteiger partial charge >= 0.3 is 7.12 Å². The summed E-state index contributed by atoms with van der Waals surface area (Å²) >= 11 is 0. The second-order valence-corrected chi connectivity index (χ2v) is 6.51. The summed E-state index contributed by atoms with van der Waals surface area (Å²) in [4.78, 5) is 28.6. The quantitative estimate of drug-likeness (QED) is 0.650. The van der Waals surface area contributed by atoms with E-state index in [1.54, 1.807) is 24.4 Å². The van der Waals surface area contributed by atoms with Gasteiger partial charge in [0, 0.05) is 12.6 Å². The number of nitrogens with one attached hydrogen (secondary N) is 1. The van der Waals surface area contributed by atoms with E-state index in [9.17, 15) is 14.6 Å². The fourth-order valence-electron chi connectivity index (χ4n) is 3.32. The van der Waals surface area contributed by atoms with Crippen LogP contribution in [0.4, 0.5) is 0 Å². The average molecular weight is 348 g/mol. The first-order valence-corrected chi connectivity index (χ1v) is 8.47. The zero-order valence-electron chi connectivity index (χ0n) is 14.2. The van der Waals surface area contributed by atoms with Crippen molar-refractivity contribution in [3.63, 3.8) is 0 Å². The lowest BCUT2D eigenvalue weighted by Gasteiger charge is -2.29. The molecular weight excluding hydrogens is 331 g/mol. The van der Waals surface area contributed by atoms with Crippen LogP contribution in [0.2, 0.25) is 0 Å². The lowest BCUT2D eigenvalue weighted by Crippen LogP contribution is -2.53. The Kier molecular flexibility index (Phi) is 4.08. The Hall–Kier alpha value is -2.93. The van der Waals surface area contributed by atoms with Crippen molar-refractivity contribution in [1.29, 1.82) is 0 Å². The Labute approximate surface area is 151 Å². The van der Waals surface area contributed by atoms with Crippen molar-refractivity contribution in [3.05, 3.63) is 64.5 Å². The first-order chi connectivity index (χ1) is 12.5. The van der Waals surface area contributed by atoms with Crippen molar-refractivity contribution in [2.45, 2.75) is 25.7 Å². The van der Waals surface area contributed by atoms with Crippen molar-refractivity contribution in [2.75, 3.05) is 0 Å². The van der Waals surface area contributed by atoms with Gasteiger partial charge < -0.3 is 15.0 Å². The van der Waals surface area contributed by atoms with Crippen molar-refractivity contribution in [3.8, 4) is 5.75 Å². The highest BCUT2D eigenvalue weighted by Gasteiger charge is 2.37. The number of rotatable bonds is 3. The maximum atomic E-state index is 12.5. The number of allylic oxidation sites excluding steroid dienone is 1. The Morgan fingerprint density at radius 1 is 1.38 bits per heavy atom. The van der Waals surface area contributed by atoms with Crippen molar-refractivity contribution in [2.24, 2.45) is 0 Å². The third kappa shape index (κ3) is 2.90. The van der Waals surface area contributed by atoms with Crippen LogP contribution in [0, 0.1) is 0 Å². The zero-order valence-corrected chi connectivity index (χ0v) is 14.2. The number of fused-ring (bicyclic) bond motifs is 2. The summed E-state index contributed by atoms with van der Waals surface area (Å²) in [5.41, 5.74) is 3.54. The van der Waals surface area contributed by atoms with Gasteiger partial charge in [-0.3, -0.25) is 14.6 Å². The first kappa shape index (κ1) is 16.5. The Morgan fingerprint density at radius 2 is 2.23 bits per heavy atom. The summed E-state index contributed by atoms with van der Waals surface area (Å²) in [5, 5.41) is 13.1. The minimum Gasteiger partial charge on any atom is -0.534 e. The van der Waals surface area contributed by atoms with Crippen molar-refractivity contribution >= 4 is 24.9 Å². The highest BCUT2D eigenvalue weighted by molar-refractivity contribution is 6.47. The van der Waals surface area contributed by atoms with E-state index in [1.165, 1.54) is 6.92 Å². The van der Waals surface area contributed by atoms with Crippen LogP contribution in [0.5, 0.6) is 5.75 Å². The summed E-state index contributed by atoms with van der Waals surface area (Å²) in [7, 11) is -1.23. The number of aromatic nitrogens is 1. The molecule has 1 aromatic carbocycles. The van der Waals surface area contributed by atoms with Crippen LogP contribution >= 0.6 is 0 Å². The van der Waals surface area contributed by atoms with E-state index in [4.69, 9.17) is 4.65 Å². The van der Waals surface area contributed by atoms with Crippen LogP contribution in [0.15, 0.2) is 36.5 Å². The molecule has 0 unspecified atom stereocenters. The number of nitrogens with zero attached hydrogens (tertiary/aromatic N) is 1. The number of para-hydroxylation sites is 1. The number of hydrogen-bond acceptors (Lipinski definition) is 5. The van der Waals surface area contributed by atoms with Crippen molar-refractivity contribution < 1.29 is 19.3 Å². The maximum absolute atomic E-state index is 12.5. The van der Waals surface area contributed by atoms with E-state index in [-0.39, 0.29) is 11.7 Å². The number of ketones is 1. The summed E-state index contributed by atoms with van der Waals surface area (Å²) in [6.45, 7) is 1.45. The lowest BCUT2D eigenvalue weighted by atomic mass is 9.72. The standard InChI is InChI=1S/C19H17BN2O4/c1-11(23)15-6-2-5-13-9-17(20(25)26-18(13)15)22-19(24)14-8-12-4-3-7-16(12)21-10-14/h2-6,8,10,17,25H,7,9H2,1H3,(H,22,24)/t17-/m0/s1. The number of carbonyl (C=O) groups excluding carboxylic acids is 2. The Balaban J connectivity index is 1.54. The number of pyridine rings is 1. The minimum absolute atomic E-state index is 0.131. The van der Waals surface area contributed by atoms with Crippen molar-refractivity contribution in [1.82, 2.24) is 10.3 Å². The highest BCUT2D eigenvalue weighted by atomic mass is 16.5. The molecule has 6 nitrogen and oxygen atoms in total. The van der Waals surface area contributed by atoms with Crippen LogP contribution in [0.3, 0.4) is 0 Å². The number of hydrogen-bond donors (Lipinski definition) is 2. The van der Waals surface area contributed by atoms with Gasteiger partial charge in [0.2, 0.25) is 0 Å². The monoisotopic (exact) mass is 348 g/mol. The van der Waals surface area contributed by atoms with Gasteiger partial charge in [0.05, 0.1) is 22.8 Å². The molecule has 2 N–H and O–H groups in total. The molecule has 1 aromatic heterocycles. The predicted octanol–water partition coefficient (Wildman–Crippen LogP) is 1.61. The van der Waals surface area contributed by atoms with E-state index in [2.05, 4.69) is 10.3 Å². The molecule has 0 fully saturated rings. The second kappa shape index (κ2) is 6.42. The Morgan fingerprint density at radius 3 is 3.04 bits per heavy atom. The molecule has 1 aliphatic carbocycles. The van der Waals surface area contributed by atoms with Crippen LogP contribution < -0.4 is 9.97 Å². The zero-order chi connectivity index (χ0) is 18.3. The SMILES string of the molecule is CC(=O)c1cccc2c1OB(O)[C@@H](NC(=O)c1cnc3c(c1)C=CC3)C2. The van der Waals surface area contributed by atoms with E-state index < -0.39 is 13.1 Å². The molecular formula is C19H17BN2O4. The summed E-state index contributed by atoms with van der Waals surface area (Å²) in [6.07, 6.45) is 6.64. The Bertz CT molecular complexity index is 941. The highest BCUT2D eigenvalue weighted by Crippen LogP contribution is 2.30. The second-order valence-electron chi connectivity index (χ2n) is 6.51. The van der Waals surface area contributed by atoms with Gasteiger partial charge in [-0.15, -0.1) is 0 Å². The van der Waals surface area contributed by atoms with Gasteiger partial charge in [-0.2, -0.15) is 0 Å². The molecule has 0 radical (unpaired) electrons. The summed E-state index contributed by atoms with van der Waals surface area (Å²) < 4.78 is 5.54. The smallest absolute Gasteiger partial charge is 0.534 e. The normalized spacial score (nSPS) is 17.3. The van der Waals surface area contributed by atoms with E-state index in [1.807, 2.05) is 18.2 Å². The van der Waals surface area contributed by atoms with E-state index in [0.29, 0.717) is 23.3 Å². The molecule has 26 heavy (non-hydrogen) atoms. The van der Waals surface area contributed by atoms with E-state index >= 15 is 0 Å². The predicted molar refractivity (Wildman–Crippen MR) is 97.0 cm³/mol. The van der Waals surface area contributed by atoms with Gasteiger partial charge in [0.25, 0.3) is 5.91 Å². The summed E-state index contributed by atoms with van der Waals surface area (Å²) in [5.74, 6) is -0.670. The van der Waals surface area contributed by atoms with Gasteiger partial charge in [-0.25, -0.2) is 0 Å². The largest absolute Gasteiger partial charge is 0.547 e. The molecule has 0 saturated carbocycles. The number of amides is 1. The number of Topliss-reactive ketones (excluding diaryl/α,β-unsaturated/α-hetero) is 1. The molecule has 2 heterocycles. The number of benzene rings is 1. The molecule has 1 amide bonds. The maximum Gasteiger partial charge on any atom is 0.547 e. The fourth-order valence-corrected chi connectivity index (χ4v) is 3.32. The van der Waals surface area contributed by atoms with Gasteiger partial charge in [0.1, 0.15) is 5.75 Å². The van der Waals surface area contributed by atoms with Crippen LogP contribution in [0.1, 0.15) is 44.5 Å². The average Bonchev–Trinajstić information content (AvgIpc) is 3.09. The lowest BCUT2D eigenvalue weighted by molar-refractivity contribution is 0.0938. The van der Waals surface area contributed by atoms with Gasteiger partial charge in [-0.1, -0.05) is 24.3 Å². The molecule has 2 aromatic rings. The molecule has 4 rings (SSSR count). The fraction of sp³-hybridized carbons (Fsp3) is 0.211. The molecule has 0 saturated heterocycles. The molecule has 7 heteroatoms. The minimum atomic E-state index is -1.23. The third-order valence-corrected chi connectivity index (χ3v) is 4.69. The topological polar surface area (TPSA) is 88.5 Å². The number of carbonyl (C=O) groups is 2. The van der Waals surface area contributed by atoms with Crippen LogP contribution in [-0.4, -0.2) is 34.8 Å². The van der Waals surface area contributed by atoms with Crippen LogP contribution in [-0.2, 0) is 12.8 Å². The van der Waals surface area contributed by atoms with E-state index in [0.717, 1.165) is 23.2 Å².